The van der Waals surface area contributed by atoms with Crippen LogP contribution in [0.1, 0.15) is 11.1 Å². The molecule has 0 saturated carbocycles. The lowest BCUT2D eigenvalue weighted by atomic mass is 10.1. The van der Waals surface area contributed by atoms with Crippen LogP contribution in [-0.4, -0.2) is 55.5 Å². The van der Waals surface area contributed by atoms with Crippen LogP contribution in [0.5, 0.6) is 5.75 Å². The molecule has 0 aliphatic carbocycles. The molecule has 0 bridgehead atoms. The van der Waals surface area contributed by atoms with Crippen molar-refractivity contribution in [3.05, 3.63) is 61.6 Å². The van der Waals surface area contributed by atoms with E-state index in [1.54, 1.807) is 6.07 Å². The van der Waals surface area contributed by atoms with Gasteiger partial charge in [0.15, 0.2) is 6.79 Å². The van der Waals surface area contributed by atoms with E-state index in [1.807, 2.05) is 4.90 Å². The number of hydrogen-bond donors (Lipinski definition) is 0. The monoisotopic (exact) mass is 487 g/mol. The number of nitro benzene ring substituents is 1. The minimum absolute atomic E-state index is 0.00851. The Morgan fingerprint density at radius 1 is 1.13 bits per heavy atom. The van der Waals surface area contributed by atoms with Crippen LogP contribution in [0.25, 0.3) is 0 Å². The molecule has 2 aromatic rings. The second-order valence-electron chi connectivity index (χ2n) is 7.19. The SMILES string of the molecule is O=[N+]([O-])c1cc2c(c(CN3CCN(S(=O)(=O)c4cccc(Cl)c4Cl)CC3)c1)OCOC2. The van der Waals surface area contributed by atoms with Gasteiger partial charge < -0.3 is 9.47 Å². The molecule has 166 valence electrons. The van der Waals surface area contributed by atoms with Crippen LogP contribution in [0.4, 0.5) is 5.69 Å². The van der Waals surface area contributed by atoms with Crippen molar-refractivity contribution in [3.8, 4) is 5.75 Å². The summed E-state index contributed by atoms with van der Waals surface area (Å²) in [6.45, 7) is 2.14. The molecule has 0 amide bonds. The Labute approximate surface area is 189 Å². The lowest BCUT2D eigenvalue weighted by Crippen LogP contribution is -2.48. The Morgan fingerprint density at radius 2 is 1.87 bits per heavy atom. The molecule has 4 rings (SSSR count). The quantitative estimate of drug-likeness (QED) is 0.470. The average Bonchev–Trinajstić information content (AvgIpc) is 2.75. The number of non-ortho nitro benzene ring substituents is 1. The minimum Gasteiger partial charge on any atom is -0.467 e. The van der Waals surface area contributed by atoms with Gasteiger partial charge in [-0.2, -0.15) is 4.31 Å². The molecule has 12 heteroatoms. The highest BCUT2D eigenvalue weighted by Gasteiger charge is 2.31. The summed E-state index contributed by atoms with van der Waals surface area (Å²) >= 11 is 12.1. The third kappa shape index (κ3) is 4.50. The lowest BCUT2D eigenvalue weighted by Gasteiger charge is -2.34. The maximum Gasteiger partial charge on any atom is 0.270 e. The highest BCUT2D eigenvalue weighted by atomic mass is 35.5. The summed E-state index contributed by atoms with van der Waals surface area (Å²) in [5.41, 5.74) is 1.29. The van der Waals surface area contributed by atoms with Gasteiger partial charge in [0.05, 0.1) is 21.6 Å². The van der Waals surface area contributed by atoms with Gasteiger partial charge in [0.2, 0.25) is 10.0 Å². The van der Waals surface area contributed by atoms with Crippen LogP contribution in [0.2, 0.25) is 10.0 Å². The van der Waals surface area contributed by atoms with E-state index < -0.39 is 14.9 Å². The molecule has 0 N–H and O–H groups in total. The smallest absolute Gasteiger partial charge is 0.270 e. The normalized spacial score (nSPS) is 17.7. The number of nitrogens with zero attached hydrogens (tertiary/aromatic N) is 3. The largest absolute Gasteiger partial charge is 0.467 e. The third-order valence-corrected chi connectivity index (χ3v) is 8.11. The van der Waals surface area contributed by atoms with E-state index in [0.29, 0.717) is 36.5 Å². The van der Waals surface area contributed by atoms with Gasteiger partial charge in [0.25, 0.3) is 5.69 Å². The fraction of sp³-hybridized carbons (Fsp3) is 0.368. The molecule has 1 fully saturated rings. The number of halogens is 2. The van der Waals surface area contributed by atoms with Gasteiger partial charge in [0, 0.05) is 56.0 Å². The van der Waals surface area contributed by atoms with Gasteiger partial charge in [-0.25, -0.2) is 8.42 Å². The van der Waals surface area contributed by atoms with Crippen molar-refractivity contribution in [1.29, 1.82) is 0 Å². The summed E-state index contributed by atoms with van der Waals surface area (Å²) in [5.74, 6) is 0.595. The zero-order chi connectivity index (χ0) is 22.2. The van der Waals surface area contributed by atoms with Crippen LogP contribution in [0, 0.1) is 10.1 Å². The summed E-state index contributed by atoms with van der Waals surface area (Å²) in [7, 11) is -3.78. The summed E-state index contributed by atoms with van der Waals surface area (Å²) in [6.07, 6.45) is 0. The lowest BCUT2D eigenvalue weighted by molar-refractivity contribution is -0.385. The summed E-state index contributed by atoms with van der Waals surface area (Å²) in [4.78, 5) is 12.9. The highest BCUT2D eigenvalue weighted by Crippen LogP contribution is 2.34. The minimum atomic E-state index is -3.78. The van der Waals surface area contributed by atoms with Crippen molar-refractivity contribution in [3.63, 3.8) is 0 Å². The molecule has 0 radical (unpaired) electrons. The van der Waals surface area contributed by atoms with Gasteiger partial charge in [-0.1, -0.05) is 29.3 Å². The Bertz CT molecular complexity index is 1120. The molecule has 0 unspecified atom stereocenters. The maximum atomic E-state index is 13.0. The first kappa shape index (κ1) is 22.3. The number of nitro groups is 1. The van der Waals surface area contributed by atoms with Crippen molar-refractivity contribution in [2.24, 2.45) is 0 Å². The van der Waals surface area contributed by atoms with Crippen molar-refractivity contribution >= 4 is 38.9 Å². The second kappa shape index (κ2) is 8.89. The van der Waals surface area contributed by atoms with Crippen LogP contribution in [0.3, 0.4) is 0 Å². The van der Waals surface area contributed by atoms with Crippen LogP contribution in [0.15, 0.2) is 35.2 Å². The molecule has 31 heavy (non-hydrogen) atoms. The molecule has 0 atom stereocenters. The number of sulfonamides is 1. The van der Waals surface area contributed by atoms with Gasteiger partial charge in [-0.15, -0.1) is 0 Å². The van der Waals surface area contributed by atoms with E-state index >= 15 is 0 Å². The van der Waals surface area contributed by atoms with E-state index in [4.69, 9.17) is 32.7 Å². The number of rotatable bonds is 5. The predicted octanol–water partition coefficient (Wildman–Crippen LogP) is 3.27. The molecule has 2 heterocycles. The van der Waals surface area contributed by atoms with E-state index in [-0.39, 0.29) is 47.1 Å². The Morgan fingerprint density at radius 3 is 2.58 bits per heavy atom. The Balaban J connectivity index is 1.49. The number of ether oxygens (including phenoxy) is 2. The van der Waals surface area contributed by atoms with E-state index in [2.05, 4.69) is 0 Å². The molecule has 9 nitrogen and oxygen atoms in total. The maximum absolute atomic E-state index is 13.0. The Kier molecular flexibility index (Phi) is 6.38. The van der Waals surface area contributed by atoms with Gasteiger partial charge in [-0.05, 0) is 12.1 Å². The first-order valence-electron chi connectivity index (χ1n) is 9.44. The van der Waals surface area contributed by atoms with Crippen LogP contribution >= 0.6 is 23.2 Å². The number of piperazine rings is 1. The second-order valence-corrected chi connectivity index (χ2v) is 9.88. The molecule has 0 aromatic heterocycles. The van der Waals surface area contributed by atoms with Crippen LogP contribution < -0.4 is 4.74 Å². The van der Waals surface area contributed by atoms with E-state index in [0.717, 1.165) is 0 Å². The molecule has 0 spiro atoms. The van der Waals surface area contributed by atoms with Crippen molar-refractivity contribution < 1.29 is 22.8 Å². The summed E-state index contributed by atoms with van der Waals surface area (Å²) in [5, 5.41) is 11.5. The van der Waals surface area contributed by atoms with Gasteiger partial charge in [0.1, 0.15) is 10.6 Å². The van der Waals surface area contributed by atoms with Crippen LogP contribution in [-0.2, 0) is 27.9 Å². The van der Waals surface area contributed by atoms with Gasteiger partial charge in [-0.3, -0.25) is 15.0 Å². The summed E-state index contributed by atoms with van der Waals surface area (Å²) < 4.78 is 38.2. The zero-order valence-electron chi connectivity index (χ0n) is 16.3. The van der Waals surface area contributed by atoms with Crippen molar-refractivity contribution in [1.82, 2.24) is 9.21 Å². The van der Waals surface area contributed by atoms with Crippen molar-refractivity contribution in [2.45, 2.75) is 18.0 Å². The topological polar surface area (TPSA) is 102 Å². The molecule has 2 aliphatic rings. The molecule has 2 aromatic carbocycles. The number of fused-ring (bicyclic) bond motifs is 1. The average molecular weight is 488 g/mol. The third-order valence-electron chi connectivity index (χ3n) is 5.24. The first-order valence-corrected chi connectivity index (χ1v) is 11.6. The predicted molar refractivity (Wildman–Crippen MR) is 114 cm³/mol. The zero-order valence-corrected chi connectivity index (χ0v) is 18.6. The van der Waals surface area contributed by atoms with Gasteiger partial charge >= 0.3 is 0 Å². The summed E-state index contributed by atoms with van der Waals surface area (Å²) in [6, 6.07) is 7.47. The number of hydrogen-bond acceptors (Lipinski definition) is 7. The Hall–Kier alpha value is -1.95. The van der Waals surface area contributed by atoms with E-state index in [1.165, 1.54) is 28.6 Å². The highest BCUT2D eigenvalue weighted by molar-refractivity contribution is 7.89. The van der Waals surface area contributed by atoms with Crippen molar-refractivity contribution in [2.75, 3.05) is 33.0 Å². The number of benzene rings is 2. The molecule has 2 aliphatic heterocycles. The molecule has 1 saturated heterocycles. The fourth-order valence-corrected chi connectivity index (χ4v) is 5.85. The van der Waals surface area contributed by atoms with E-state index in [9.17, 15) is 18.5 Å². The standard InChI is InChI=1S/C19H19Cl2N3O6S/c20-16-2-1-3-17(18(16)21)31(27,28)23-6-4-22(5-7-23)10-13-8-15(24(25)26)9-14-11-29-12-30-19(13)14/h1-3,8-9H,4-7,10-12H2. The fourth-order valence-electron chi connectivity index (χ4n) is 3.69. The molecular weight excluding hydrogens is 469 g/mol. The first-order chi connectivity index (χ1) is 14.8. The molecular formula is C19H19Cl2N3O6S.